The molecule has 0 saturated carbocycles. The quantitative estimate of drug-likeness (QED) is 0.632. The molecule has 10 heavy (non-hydrogen) atoms. The van der Waals surface area contributed by atoms with E-state index in [1.807, 2.05) is 0 Å². The molecule has 1 nitrogen and oxygen atoms in total. The lowest BCUT2D eigenvalue weighted by Crippen LogP contribution is -2.37. The average Bonchev–Trinajstić information content (AvgIpc) is 2.06. The molecule has 0 N–H and O–H groups in total. The van der Waals surface area contributed by atoms with Gasteiger partial charge in [0.2, 0.25) is 0 Å². The summed E-state index contributed by atoms with van der Waals surface area (Å²) in [7, 11) is 0. The molecule has 0 aromatic carbocycles. The van der Waals surface area contributed by atoms with Gasteiger partial charge < -0.3 is 4.74 Å². The van der Waals surface area contributed by atoms with Gasteiger partial charge >= 0.3 is 0 Å². The second kappa shape index (κ2) is 3.72. The minimum atomic E-state index is 0.179. The highest BCUT2D eigenvalue weighted by Gasteiger charge is 2.29. The molecule has 0 aliphatic carbocycles. The van der Waals surface area contributed by atoms with Gasteiger partial charge in [0.1, 0.15) is 0 Å². The van der Waals surface area contributed by atoms with Gasteiger partial charge in [-0.05, 0) is 25.7 Å². The van der Waals surface area contributed by atoms with Crippen molar-refractivity contribution < 1.29 is 4.74 Å². The zero-order valence-corrected chi connectivity index (χ0v) is 8.11. The summed E-state index contributed by atoms with van der Waals surface area (Å²) < 4.78 is 5.72. The van der Waals surface area contributed by atoms with Crippen LogP contribution in [-0.4, -0.2) is 17.5 Å². The van der Waals surface area contributed by atoms with Crippen LogP contribution in [0.2, 0.25) is 0 Å². The molecule has 1 heterocycles. The Hall–Kier alpha value is 0.440. The molecule has 1 aliphatic heterocycles. The molecule has 0 aromatic rings. The fourth-order valence-corrected chi connectivity index (χ4v) is 2.23. The average molecular weight is 207 g/mol. The van der Waals surface area contributed by atoms with Crippen molar-refractivity contribution in [1.82, 2.24) is 0 Å². The summed E-state index contributed by atoms with van der Waals surface area (Å²) in [6.45, 7) is 3.16. The van der Waals surface area contributed by atoms with Crippen molar-refractivity contribution in [2.24, 2.45) is 0 Å². The van der Waals surface area contributed by atoms with E-state index in [0.29, 0.717) is 0 Å². The Morgan fingerprint density at radius 2 is 2.30 bits per heavy atom. The van der Waals surface area contributed by atoms with E-state index in [2.05, 4.69) is 22.9 Å². The van der Waals surface area contributed by atoms with E-state index in [4.69, 9.17) is 4.74 Å². The zero-order valence-electron chi connectivity index (χ0n) is 6.53. The van der Waals surface area contributed by atoms with Gasteiger partial charge in [0.25, 0.3) is 0 Å². The molecule has 1 rings (SSSR count). The smallest absolute Gasteiger partial charge is 0.0776 e. The van der Waals surface area contributed by atoms with E-state index in [0.717, 1.165) is 18.4 Å². The lowest BCUT2D eigenvalue weighted by atomic mass is 9.93. The fourth-order valence-electron chi connectivity index (χ4n) is 1.39. The SMILES string of the molecule is CCC1(CBr)CCCCO1. The van der Waals surface area contributed by atoms with Crippen LogP contribution < -0.4 is 0 Å². The van der Waals surface area contributed by atoms with Gasteiger partial charge in [-0.3, -0.25) is 0 Å². The third kappa shape index (κ3) is 1.73. The molecular weight excluding hydrogens is 192 g/mol. The summed E-state index contributed by atoms with van der Waals surface area (Å²) >= 11 is 3.50. The normalized spacial score (nSPS) is 34.2. The standard InChI is InChI=1S/C8H15BrO/c1-2-8(7-9)5-3-4-6-10-8/h2-7H2,1H3. The van der Waals surface area contributed by atoms with Crippen molar-refractivity contribution in [1.29, 1.82) is 0 Å². The molecule has 1 fully saturated rings. The number of ether oxygens (including phenoxy) is 1. The molecule has 0 radical (unpaired) electrons. The van der Waals surface area contributed by atoms with Crippen LogP contribution in [0.5, 0.6) is 0 Å². The minimum Gasteiger partial charge on any atom is -0.374 e. The fraction of sp³-hybridized carbons (Fsp3) is 1.00. The van der Waals surface area contributed by atoms with Gasteiger partial charge in [0, 0.05) is 11.9 Å². The monoisotopic (exact) mass is 206 g/mol. The first kappa shape index (κ1) is 8.54. The molecule has 2 heteroatoms. The molecule has 60 valence electrons. The third-order valence-corrected chi connectivity index (χ3v) is 3.34. The van der Waals surface area contributed by atoms with Crippen LogP contribution in [0.1, 0.15) is 32.6 Å². The number of alkyl halides is 1. The maximum atomic E-state index is 5.72. The van der Waals surface area contributed by atoms with Crippen molar-refractivity contribution in [2.75, 3.05) is 11.9 Å². The Balaban J connectivity index is 2.44. The highest BCUT2D eigenvalue weighted by Crippen LogP contribution is 2.29. The predicted molar refractivity (Wildman–Crippen MR) is 46.6 cm³/mol. The van der Waals surface area contributed by atoms with Crippen molar-refractivity contribution in [2.45, 2.75) is 38.2 Å². The molecule has 1 unspecified atom stereocenters. The zero-order chi connectivity index (χ0) is 7.45. The summed E-state index contributed by atoms with van der Waals surface area (Å²) in [6.07, 6.45) is 4.95. The Kier molecular flexibility index (Phi) is 3.18. The summed E-state index contributed by atoms with van der Waals surface area (Å²) in [4.78, 5) is 0. The van der Waals surface area contributed by atoms with Gasteiger partial charge in [-0.25, -0.2) is 0 Å². The van der Waals surface area contributed by atoms with Gasteiger partial charge in [0.15, 0.2) is 0 Å². The van der Waals surface area contributed by atoms with E-state index in [-0.39, 0.29) is 5.60 Å². The van der Waals surface area contributed by atoms with Gasteiger partial charge in [-0.15, -0.1) is 0 Å². The lowest BCUT2D eigenvalue weighted by molar-refractivity contribution is -0.0624. The second-order valence-corrected chi connectivity index (χ2v) is 3.54. The van der Waals surface area contributed by atoms with Crippen LogP contribution >= 0.6 is 15.9 Å². The van der Waals surface area contributed by atoms with Crippen molar-refractivity contribution in [3.8, 4) is 0 Å². The van der Waals surface area contributed by atoms with Crippen LogP contribution in [-0.2, 0) is 4.74 Å². The van der Waals surface area contributed by atoms with Crippen molar-refractivity contribution in [3.63, 3.8) is 0 Å². The molecule has 1 atom stereocenters. The number of hydrogen-bond acceptors (Lipinski definition) is 1. The second-order valence-electron chi connectivity index (χ2n) is 2.98. The minimum absolute atomic E-state index is 0.179. The number of hydrogen-bond donors (Lipinski definition) is 0. The van der Waals surface area contributed by atoms with Crippen LogP contribution in [0.15, 0.2) is 0 Å². The summed E-state index contributed by atoms with van der Waals surface area (Å²) in [5, 5.41) is 0.997. The molecular formula is C8H15BrO. The molecule has 1 aliphatic rings. The summed E-state index contributed by atoms with van der Waals surface area (Å²) in [6, 6.07) is 0. The van der Waals surface area contributed by atoms with E-state index >= 15 is 0 Å². The highest BCUT2D eigenvalue weighted by atomic mass is 79.9. The van der Waals surface area contributed by atoms with Gasteiger partial charge in [0.05, 0.1) is 5.60 Å². The Morgan fingerprint density at radius 1 is 1.50 bits per heavy atom. The summed E-state index contributed by atoms with van der Waals surface area (Å²) in [5.41, 5.74) is 0.179. The van der Waals surface area contributed by atoms with Crippen LogP contribution in [0.3, 0.4) is 0 Å². The summed E-state index contributed by atoms with van der Waals surface area (Å²) in [5.74, 6) is 0. The Morgan fingerprint density at radius 3 is 2.60 bits per heavy atom. The van der Waals surface area contributed by atoms with E-state index in [9.17, 15) is 0 Å². The van der Waals surface area contributed by atoms with E-state index in [1.165, 1.54) is 19.3 Å². The molecule has 0 spiro atoms. The predicted octanol–water partition coefficient (Wildman–Crippen LogP) is 2.73. The molecule has 1 saturated heterocycles. The topological polar surface area (TPSA) is 9.23 Å². The first-order chi connectivity index (χ1) is 4.83. The van der Waals surface area contributed by atoms with Crippen LogP contribution in [0, 0.1) is 0 Å². The third-order valence-electron chi connectivity index (χ3n) is 2.32. The van der Waals surface area contributed by atoms with Crippen LogP contribution in [0.25, 0.3) is 0 Å². The Bertz CT molecular complexity index is 91.4. The van der Waals surface area contributed by atoms with Gasteiger partial charge in [-0.1, -0.05) is 22.9 Å². The van der Waals surface area contributed by atoms with Gasteiger partial charge in [-0.2, -0.15) is 0 Å². The first-order valence-electron chi connectivity index (χ1n) is 4.03. The molecule has 0 aromatic heterocycles. The van der Waals surface area contributed by atoms with Crippen molar-refractivity contribution in [3.05, 3.63) is 0 Å². The lowest BCUT2D eigenvalue weighted by Gasteiger charge is -2.34. The molecule has 0 bridgehead atoms. The first-order valence-corrected chi connectivity index (χ1v) is 5.15. The Labute approximate surface area is 71.3 Å². The largest absolute Gasteiger partial charge is 0.374 e. The molecule has 0 amide bonds. The maximum Gasteiger partial charge on any atom is 0.0776 e. The van der Waals surface area contributed by atoms with Crippen LogP contribution in [0.4, 0.5) is 0 Å². The maximum absolute atomic E-state index is 5.72. The highest BCUT2D eigenvalue weighted by molar-refractivity contribution is 9.09. The van der Waals surface area contributed by atoms with Crippen molar-refractivity contribution >= 4 is 15.9 Å². The van der Waals surface area contributed by atoms with E-state index < -0.39 is 0 Å². The number of halogens is 1. The van der Waals surface area contributed by atoms with E-state index in [1.54, 1.807) is 0 Å². The number of rotatable bonds is 2.